The molecule has 3 nitrogen and oxygen atoms in total. The van der Waals surface area contributed by atoms with Crippen molar-refractivity contribution < 1.29 is 9.53 Å². The van der Waals surface area contributed by atoms with Crippen LogP contribution in [0.4, 0.5) is 0 Å². The van der Waals surface area contributed by atoms with E-state index in [0.717, 1.165) is 28.9 Å². The molecule has 2 aromatic rings. The van der Waals surface area contributed by atoms with Crippen LogP contribution in [0.2, 0.25) is 0 Å². The maximum Gasteiger partial charge on any atom is 0.252 e. The van der Waals surface area contributed by atoms with Gasteiger partial charge in [0.05, 0.1) is 12.6 Å². The first kappa shape index (κ1) is 13.7. The lowest BCUT2D eigenvalue weighted by atomic mass is 9.92. The predicted molar refractivity (Wildman–Crippen MR) is 82.7 cm³/mol. The highest BCUT2D eigenvalue weighted by molar-refractivity contribution is 6.00. The average Bonchev–Trinajstić information content (AvgIpc) is 2.69. The maximum absolute atomic E-state index is 12.0. The van der Waals surface area contributed by atoms with Gasteiger partial charge in [-0.2, -0.15) is 0 Å². The number of fused-ring (bicyclic) bond motifs is 1. The molecule has 0 aromatic heterocycles. The molecule has 0 saturated heterocycles. The Morgan fingerprint density at radius 1 is 1.05 bits per heavy atom. The van der Waals surface area contributed by atoms with Crippen molar-refractivity contribution in [3.05, 3.63) is 64.7 Å². The molecule has 0 atom stereocenters. The summed E-state index contributed by atoms with van der Waals surface area (Å²) in [6, 6.07) is 14.2. The normalized spacial score (nSPS) is 15.5. The number of carbonyl (C=O) groups excluding carboxylic acids is 1. The van der Waals surface area contributed by atoms with Crippen LogP contribution in [0.3, 0.4) is 0 Å². The summed E-state index contributed by atoms with van der Waals surface area (Å²) >= 11 is 0. The smallest absolute Gasteiger partial charge is 0.252 e. The second kappa shape index (κ2) is 4.92. The fourth-order valence-corrected chi connectivity index (χ4v) is 2.83. The predicted octanol–water partition coefficient (Wildman–Crippen LogP) is 3.26. The molecular formula is C18H19NO2. The Bertz CT molecular complexity index is 687. The van der Waals surface area contributed by atoms with E-state index in [-0.39, 0.29) is 11.4 Å². The number of nitrogens with one attached hydrogen (secondary N) is 1. The van der Waals surface area contributed by atoms with Crippen molar-refractivity contribution in [3.8, 4) is 5.75 Å². The van der Waals surface area contributed by atoms with Crippen molar-refractivity contribution >= 4 is 5.91 Å². The highest BCUT2D eigenvalue weighted by Gasteiger charge is 2.34. The van der Waals surface area contributed by atoms with Crippen molar-refractivity contribution in [2.24, 2.45) is 0 Å². The van der Waals surface area contributed by atoms with Gasteiger partial charge in [-0.05, 0) is 55.2 Å². The summed E-state index contributed by atoms with van der Waals surface area (Å²) in [6.07, 6.45) is 0.810. The van der Waals surface area contributed by atoms with E-state index in [4.69, 9.17) is 4.74 Å². The van der Waals surface area contributed by atoms with Gasteiger partial charge in [0, 0.05) is 5.56 Å². The van der Waals surface area contributed by atoms with Crippen LogP contribution in [-0.4, -0.2) is 13.0 Å². The molecule has 1 aliphatic heterocycles. The Morgan fingerprint density at radius 2 is 1.71 bits per heavy atom. The molecule has 108 valence electrons. The topological polar surface area (TPSA) is 38.3 Å². The molecule has 0 spiro atoms. The third-order valence-electron chi connectivity index (χ3n) is 4.00. The van der Waals surface area contributed by atoms with Crippen LogP contribution in [0.25, 0.3) is 0 Å². The van der Waals surface area contributed by atoms with Gasteiger partial charge in [-0.1, -0.05) is 24.3 Å². The summed E-state index contributed by atoms with van der Waals surface area (Å²) in [7, 11) is 1.66. The Kier molecular flexibility index (Phi) is 3.20. The zero-order valence-electron chi connectivity index (χ0n) is 12.6. The molecule has 1 heterocycles. The van der Waals surface area contributed by atoms with Crippen LogP contribution in [-0.2, 0) is 12.0 Å². The van der Waals surface area contributed by atoms with Crippen molar-refractivity contribution in [1.82, 2.24) is 5.32 Å². The summed E-state index contributed by atoms with van der Waals surface area (Å²) in [5.41, 5.74) is 3.95. The van der Waals surface area contributed by atoms with E-state index in [2.05, 4.69) is 29.6 Å². The molecule has 3 rings (SSSR count). The molecule has 0 saturated carbocycles. The minimum absolute atomic E-state index is 0.0200. The van der Waals surface area contributed by atoms with Gasteiger partial charge in [0.1, 0.15) is 5.75 Å². The van der Waals surface area contributed by atoms with Gasteiger partial charge < -0.3 is 10.1 Å². The van der Waals surface area contributed by atoms with Crippen molar-refractivity contribution in [2.75, 3.05) is 7.11 Å². The minimum Gasteiger partial charge on any atom is -0.497 e. The van der Waals surface area contributed by atoms with Crippen LogP contribution < -0.4 is 10.1 Å². The number of benzene rings is 2. The number of carbonyl (C=O) groups is 1. The molecule has 2 aromatic carbocycles. The summed E-state index contributed by atoms with van der Waals surface area (Å²) in [5.74, 6) is 0.875. The SMILES string of the molecule is COc1ccc(Cc2ccc3c(c2)C(=O)NC3(C)C)cc1. The largest absolute Gasteiger partial charge is 0.497 e. The number of amides is 1. The average molecular weight is 281 g/mol. The molecule has 1 aliphatic rings. The van der Waals surface area contributed by atoms with E-state index in [1.807, 2.05) is 32.0 Å². The number of ether oxygens (including phenoxy) is 1. The summed E-state index contributed by atoms with van der Waals surface area (Å²) in [4.78, 5) is 12.0. The lowest BCUT2D eigenvalue weighted by molar-refractivity contribution is 0.0940. The molecular weight excluding hydrogens is 262 g/mol. The van der Waals surface area contributed by atoms with Gasteiger partial charge in [0.2, 0.25) is 0 Å². The van der Waals surface area contributed by atoms with E-state index < -0.39 is 0 Å². The maximum atomic E-state index is 12.0. The molecule has 21 heavy (non-hydrogen) atoms. The summed E-state index contributed by atoms with van der Waals surface area (Å²) in [5, 5.41) is 3.01. The van der Waals surface area contributed by atoms with Gasteiger partial charge in [-0.25, -0.2) is 0 Å². The van der Waals surface area contributed by atoms with Gasteiger partial charge >= 0.3 is 0 Å². The molecule has 3 heteroatoms. The van der Waals surface area contributed by atoms with Crippen LogP contribution in [0.1, 0.15) is 40.9 Å². The zero-order valence-corrected chi connectivity index (χ0v) is 12.6. The second-order valence-electron chi connectivity index (χ2n) is 5.98. The Morgan fingerprint density at radius 3 is 2.38 bits per heavy atom. The fraction of sp³-hybridized carbons (Fsp3) is 0.278. The van der Waals surface area contributed by atoms with Gasteiger partial charge in [-0.15, -0.1) is 0 Å². The first-order chi connectivity index (χ1) is 9.99. The van der Waals surface area contributed by atoms with Crippen LogP contribution in [0.15, 0.2) is 42.5 Å². The molecule has 0 fully saturated rings. The molecule has 1 amide bonds. The first-order valence-corrected chi connectivity index (χ1v) is 7.08. The lowest BCUT2D eigenvalue weighted by Crippen LogP contribution is -2.32. The van der Waals surface area contributed by atoms with Gasteiger partial charge in [-0.3, -0.25) is 4.79 Å². The fourth-order valence-electron chi connectivity index (χ4n) is 2.83. The summed E-state index contributed by atoms with van der Waals surface area (Å²) < 4.78 is 5.16. The lowest BCUT2D eigenvalue weighted by Gasteiger charge is -2.19. The molecule has 1 N–H and O–H groups in total. The molecule has 0 aliphatic carbocycles. The van der Waals surface area contributed by atoms with Crippen LogP contribution in [0.5, 0.6) is 5.75 Å². The Balaban J connectivity index is 1.87. The molecule has 0 radical (unpaired) electrons. The van der Waals surface area contributed by atoms with Crippen molar-refractivity contribution in [1.29, 1.82) is 0 Å². The first-order valence-electron chi connectivity index (χ1n) is 7.08. The number of hydrogen-bond donors (Lipinski definition) is 1. The zero-order chi connectivity index (χ0) is 15.0. The molecule has 0 unspecified atom stereocenters. The van der Waals surface area contributed by atoms with E-state index in [0.29, 0.717) is 0 Å². The third kappa shape index (κ3) is 2.51. The number of methoxy groups -OCH3 is 1. The summed E-state index contributed by atoms with van der Waals surface area (Å²) in [6.45, 7) is 4.06. The number of rotatable bonds is 3. The minimum atomic E-state index is -0.273. The third-order valence-corrected chi connectivity index (χ3v) is 4.00. The number of hydrogen-bond acceptors (Lipinski definition) is 2. The van der Waals surface area contributed by atoms with E-state index in [9.17, 15) is 4.79 Å². The highest BCUT2D eigenvalue weighted by atomic mass is 16.5. The van der Waals surface area contributed by atoms with E-state index >= 15 is 0 Å². The molecule has 0 bridgehead atoms. The Labute approximate surface area is 124 Å². The van der Waals surface area contributed by atoms with E-state index in [1.165, 1.54) is 5.56 Å². The van der Waals surface area contributed by atoms with Crippen LogP contribution in [0, 0.1) is 0 Å². The van der Waals surface area contributed by atoms with Crippen molar-refractivity contribution in [2.45, 2.75) is 25.8 Å². The monoisotopic (exact) mass is 281 g/mol. The van der Waals surface area contributed by atoms with Crippen molar-refractivity contribution in [3.63, 3.8) is 0 Å². The van der Waals surface area contributed by atoms with E-state index in [1.54, 1.807) is 7.11 Å². The quantitative estimate of drug-likeness (QED) is 0.937. The Hall–Kier alpha value is -2.29. The highest BCUT2D eigenvalue weighted by Crippen LogP contribution is 2.31. The van der Waals surface area contributed by atoms with Crippen LogP contribution >= 0.6 is 0 Å². The standard InChI is InChI=1S/C18H19NO2/c1-18(2)16-9-6-13(11-15(16)17(20)19-18)10-12-4-7-14(21-3)8-5-12/h4-9,11H,10H2,1-3H3,(H,19,20). The second-order valence-corrected chi connectivity index (χ2v) is 5.98. The van der Waals surface area contributed by atoms with Gasteiger partial charge in [0.15, 0.2) is 0 Å². The van der Waals surface area contributed by atoms with Gasteiger partial charge in [0.25, 0.3) is 5.91 Å².